The first-order valence-corrected chi connectivity index (χ1v) is 5.79. The van der Waals surface area contributed by atoms with Gasteiger partial charge in [-0.15, -0.1) is 0 Å². The van der Waals surface area contributed by atoms with Crippen LogP contribution < -0.4 is 0 Å². The molecule has 2 nitrogen and oxygen atoms in total. The summed E-state index contributed by atoms with van der Waals surface area (Å²) in [5, 5.41) is 20.5. The van der Waals surface area contributed by atoms with Crippen LogP contribution in [-0.4, -0.2) is 22.5 Å². The Morgan fingerprint density at radius 3 is 2.15 bits per heavy atom. The Balaban J connectivity index is 0.00000200. The summed E-state index contributed by atoms with van der Waals surface area (Å²) < 4.78 is 36.7. The van der Waals surface area contributed by atoms with Gasteiger partial charge in [-0.05, 0) is 22.4 Å². The van der Waals surface area contributed by atoms with E-state index >= 15 is 0 Å². The molecule has 2 aromatic carbocycles. The Morgan fingerprint density at radius 2 is 1.55 bits per heavy atom. The predicted molar refractivity (Wildman–Crippen MR) is 65.6 cm³/mol. The zero-order valence-corrected chi connectivity index (χ0v) is 12.7. The van der Waals surface area contributed by atoms with E-state index in [0.29, 0.717) is 5.56 Å². The molecular weight excluding hydrogens is 409 g/mol. The van der Waals surface area contributed by atoms with Crippen molar-refractivity contribution in [2.24, 2.45) is 0 Å². The van der Waals surface area contributed by atoms with Crippen LogP contribution in [0, 0.1) is 49.4 Å². The van der Waals surface area contributed by atoms with Gasteiger partial charge in [0.15, 0.2) is 6.10 Å². The van der Waals surface area contributed by atoms with Crippen molar-refractivity contribution in [3.05, 3.63) is 48.0 Å². The quantitative estimate of drug-likeness (QED) is 0.798. The Hall–Kier alpha value is -0.00558. The third-order valence-corrected chi connectivity index (χ3v) is 2.98. The van der Waals surface area contributed by atoms with Crippen molar-refractivity contribution in [2.75, 3.05) is 0 Å². The number of benzene rings is 2. The summed E-state index contributed by atoms with van der Waals surface area (Å²) in [5.74, 6) is 0. The third-order valence-electron chi connectivity index (χ3n) is 2.98. The first-order chi connectivity index (χ1) is 8.88. The second-order valence-electron chi connectivity index (χ2n) is 4.42. The van der Waals surface area contributed by atoms with Crippen molar-refractivity contribution in [2.45, 2.75) is 24.8 Å². The molecule has 2 N–H and O–H groups in total. The normalized spacial score (nSPS) is 14.7. The number of fused-ring (bicyclic) bond motifs is 1. The molecule has 6 heteroatoms. The topological polar surface area (TPSA) is 40.5 Å². The summed E-state index contributed by atoms with van der Waals surface area (Å²) >= 11 is 0. The summed E-state index contributed by atoms with van der Waals surface area (Å²) in [5.41, 5.74) is 0.363. The molecule has 1 radical (unpaired) electrons. The molecule has 109 valence electrons. The van der Waals surface area contributed by atoms with Gasteiger partial charge in [-0.25, -0.2) is 0 Å². The van der Waals surface area contributed by atoms with Crippen molar-refractivity contribution in [3.63, 3.8) is 0 Å². The minimum absolute atomic E-state index is 0. The van der Waals surface area contributed by atoms with Crippen LogP contribution in [-0.2, 0) is 0 Å². The number of hydrogen-bond acceptors (Lipinski definition) is 2. The molecule has 2 aromatic rings. The van der Waals surface area contributed by atoms with Crippen molar-refractivity contribution in [3.8, 4) is 0 Å². The van der Waals surface area contributed by atoms with Crippen LogP contribution in [0.15, 0.2) is 42.5 Å². The summed E-state index contributed by atoms with van der Waals surface area (Å²) in [6, 6.07) is 12.3. The summed E-state index contributed by atoms with van der Waals surface area (Å²) in [6.07, 6.45) is -9.34. The molecule has 2 rings (SSSR count). The molecule has 0 amide bonds. The predicted octanol–water partition coefficient (Wildman–Crippen LogP) is 3.19. The Morgan fingerprint density at radius 1 is 0.950 bits per heavy atom. The molecule has 0 heterocycles. The largest absolute Gasteiger partial charge is 0.414 e. The van der Waals surface area contributed by atoms with Crippen LogP contribution in [0.4, 0.5) is 13.2 Å². The maximum absolute atomic E-state index is 12.2. The maximum atomic E-state index is 12.2. The Bertz CT molecular complexity index is 572. The van der Waals surface area contributed by atoms with Gasteiger partial charge in [0.25, 0.3) is 0 Å². The fourth-order valence-electron chi connectivity index (χ4n) is 1.90. The van der Waals surface area contributed by atoms with Gasteiger partial charge < -0.3 is 10.2 Å². The monoisotopic (exact) mass is 423 g/mol. The van der Waals surface area contributed by atoms with Crippen molar-refractivity contribution < 1.29 is 72.8 Å². The molecule has 0 spiro atoms. The van der Waals surface area contributed by atoms with E-state index in [9.17, 15) is 18.3 Å². The smallest absolute Gasteiger partial charge is 0.388 e. The summed E-state index contributed by atoms with van der Waals surface area (Å²) in [7, 11) is 0. The molecule has 0 aromatic heterocycles. The third kappa shape index (κ3) is 4.50. The first kappa shape index (κ1) is 18.0. The van der Waals surface area contributed by atoms with E-state index in [4.69, 9.17) is 5.11 Å². The van der Waals surface area contributed by atoms with Crippen LogP contribution in [0.3, 0.4) is 0 Å². The molecule has 0 bridgehead atoms. The molecule has 0 aliphatic carbocycles. The zero-order chi connectivity index (χ0) is 14.0. The molecular formula is C14H13EuF3O2. The van der Waals surface area contributed by atoms with Crippen LogP contribution in [0.5, 0.6) is 0 Å². The van der Waals surface area contributed by atoms with E-state index in [1.165, 1.54) is 0 Å². The van der Waals surface area contributed by atoms with Gasteiger partial charge >= 0.3 is 6.18 Å². The molecule has 0 saturated carbocycles. The fourth-order valence-corrected chi connectivity index (χ4v) is 1.90. The van der Waals surface area contributed by atoms with Gasteiger partial charge in [-0.3, -0.25) is 0 Å². The van der Waals surface area contributed by atoms with Gasteiger partial charge in [-0.1, -0.05) is 36.4 Å². The SMILES string of the molecule is OC(CC(O)C(F)(F)F)c1ccc2ccccc2c1.[Eu]. The van der Waals surface area contributed by atoms with E-state index in [-0.39, 0.29) is 49.4 Å². The minimum atomic E-state index is -4.71. The van der Waals surface area contributed by atoms with E-state index in [1.807, 2.05) is 24.3 Å². The zero-order valence-electron chi connectivity index (χ0n) is 10.3. The van der Waals surface area contributed by atoms with Gasteiger partial charge in [0.05, 0.1) is 6.10 Å². The second-order valence-corrected chi connectivity index (χ2v) is 4.42. The second kappa shape index (κ2) is 7.32. The Kier molecular flexibility index (Phi) is 6.60. The van der Waals surface area contributed by atoms with Crippen molar-refractivity contribution >= 4 is 10.8 Å². The molecule has 2 atom stereocenters. The standard InChI is InChI=1S/C14H13F3O2.Eu/c15-14(16,17)13(19)8-12(18)11-6-5-9-3-1-2-4-10(9)7-11;/h1-7,12-13,18-19H,8H2;. The molecule has 0 aliphatic rings. The number of halogens is 3. The van der Waals surface area contributed by atoms with E-state index in [0.717, 1.165) is 10.8 Å². The van der Waals surface area contributed by atoms with Gasteiger partial charge in [-0.2, -0.15) is 13.2 Å². The van der Waals surface area contributed by atoms with Gasteiger partial charge in [0.1, 0.15) is 0 Å². The maximum Gasteiger partial charge on any atom is 0.414 e. The number of alkyl halides is 3. The number of hydrogen-bond donors (Lipinski definition) is 2. The Labute approximate surface area is 155 Å². The van der Waals surface area contributed by atoms with Crippen molar-refractivity contribution in [1.82, 2.24) is 0 Å². The molecule has 2 unspecified atom stereocenters. The van der Waals surface area contributed by atoms with Crippen LogP contribution in [0.25, 0.3) is 10.8 Å². The molecule has 0 fully saturated rings. The fraction of sp³-hybridized carbons (Fsp3) is 0.286. The van der Waals surface area contributed by atoms with Gasteiger partial charge in [0.2, 0.25) is 0 Å². The average Bonchev–Trinajstić information content (AvgIpc) is 2.37. The number of aliphatic hydroxyl groups is 2. The van der Waals surface area contributed by atoms with E-state index in [2.05, 4.69) is 0 Å². The molecule has 20 heavy (non-hydrogen) atoms. The summed E-state index contributed by atoms with van der Waals surface area (Å²) in [4.78, 5) is 0. The summed E-state index contributed by atoms with van der Waals surface area (Å²) in [6.45, 7) is 0. The van der Waals surface area contributed by atoms with Crippen molar-refractivity contribution in [1.29, 1.82) is 0 Å². The average molecular weight is 422 g/mol. The van der Waals surface area contributed by atoms with E-state index in [1.54, 1.807) is 18.2 Å². The number of aliphatic hydroxyl groups excluding tert-OH is 2. The number of rotatable bonds is 3. The van der Waals surface area contributed by atoms with Crippen LogP contribution >= 0.6 is 0 Å². The van der Waals surface area contributed by atoms with Gasteiger partial charge in [0, 0.05) is 55.8 Å². The molecule has 0 saturated heterocycles. The molecule has 0 aliphatic heterocycles. The van der Waals surface area contributed by atoms with E-state index < -0.39 is 24.8 Å². The van der Waals surface area contributed by atoms with Crippen LogP contribution in [0.1, 0.15) is 18.1 Å². The van der Waals surface area contributed by atoms with Crippen LogP contribution in [0.2, 0.25) is 0 Å². The minimum Gasteiger partial charge on any atom is -0.388 e. The first-order valence-electron chi connectivity index (χ1n) is 5.79.